The molecule has 0 saturated carbocycles. The van der Waals surface area contributed by atoms with E-state index in [0.29, 0.717) is 17.1 Å². The molecule has 116 valence electrons. The highest BCUT2D eigenvalue weighted by Gasteiger charge is 2.10. The number of aryl methyl sites for hydroxylation is 2. The minimum absolute atomic E-state index is 0.0701. The second kappa shape index (κ2) is 7.15. The highest BCUT2D eigenvalue weighted by Crippen LogP contribution is 2.30. The van der Waals surface area contributed by atoms with Crippen molar-refractivity contribution in [1.82, 2.24) is 0 Å². The number of ether oxygens (including phenoxy) is 1. The first kappa shape index (κ1) is 16.8. The van der Waals surface area contributed by atoms with E-state index in [1.54, 1.807) is 18.2 Å². The van der Waals surface area contributed by atoms with Gasteiger partial charge in [0.2, 0.25) is 0 Å². The maximum Gasteiger partial charge on any atom is 0.262 e. The summed E-state index contributed by atoms with van der Waals surface area (Å²) in [6, 6.07) is 9.16. The maximum absolute atomic E-state index is 12.0. The van der Waals surface area contributed by atoms with E-state index in [9.17, 15) is 4.79 Å². The molecule has 0 unspecified atom stereocenters. The maximum atomic E-state index is 12.0. The second-order valence-corrected chi connectivity index (χ2v) is 6.68. The van der Waals surface area contributed by atoms with Crippen molar-refractivity contribution in [3.8, 4) is 5.75 Å². The Bertz CT molecular complexity index is 694. The summed E-state index contributed by atoms with van der Waals surface area (Å²) < 4.78 is 7.19. The van der Waals surface area contributed by atoms with E-state index >= 15 is 0 Å². The van der Waals surface area contributed by atoms with Crippen LogP contribution >= 0.6 is 31.9 Å². The van der Waals surface area contributed by atoms with Crippen molar-refractivity contribution in [3.63, 3.8) is 0 Å². The molecule has 2 aromatic rings. The van der Waals surface area contributed by atoms with Gasteiger partial charge in [-0.05, 0) is 81.1 Å². The van der Waals surface area contributed by atoms with E-state index in [1.165, 1.54) is 0 Å². The van der Waals surface area contributed by atoms with Gasteiger partial charge in [-0.1, -0.05) is 6.07 Å². The highest BCUT2D eigenvalue weighted by atomic mass is 79.9. The van der Waals surface area contributed by atoms with Gasteiger partial charge in [0.25, 0.3) is 5.91 Å². The number of rotatable bonds is 4. The molecule has 4 nitrogen and oxygen atoms in total. The minimum Gasteiger partial charge on any atom is -0.482 e. The Morgan fingerprint density at radius 3 is 2.55 bits per heavy atom. The average molecular weight is 428 g/mol. The molecule has 0 heterocycles. The van der Waals surface area contributed by atoms with Gasteiger partial charge in [0.05, 0.1) is 10.2 Å². The van der Waals surface area contributed by atoms with E-state index < -0.39 is 0 Å². The predicted octanol–water partition coefficient (Wildman–Crippen LogP) is 4.43. The monoisotopic (exact) mass is 426 g/mol. The number of hydrogen-bond acceptors (Lipinski definition) is 3. The van der Waals surface area contributed by atoms with Crippen molar-refractivity contribution >= 4 is 49.1 Å². The molecule has 0 atom stereocenters. The van der Waals surface area contributed by atoms with Crippen molar-refractivity contribution in [2.24, 2.45) is 0 Å². The van der Waals surface area contributed by atoms with Crippen LogP contribution in [0.1, 0.15) is 11.1 Å². The van der Waals surface area contributed by atoms with Gasteiger partial charge < -0.3 is 15.8 Å². The van der Waals surface area contributed by atoms with E-state index in [-0.39, 0.29) is 12.5 Å². The lowest BCUT2D eigenvalue weighted by Gasteiger charge is -2.13. The number of nitrogen functional groups attached to an aromatic ring is 1. The van der Waals surface area contributed by atoms with Crippen LogP contribution < -0.4 is 15.8 Å². The lowest BCUT2D eigenvalue weighted by Crippen LogP contribution is -2.20. The normalized spacial score (nSPS) is 10.4. The smallest absolute Gasteiger partial charge is 0.262 e. The Labute approximate surface area is 146 Å². The zero-order valence-corrected chi connectivity index (χ0v) is 15.4. The van der Waals surface area contributed by atoms with Crippen LogP contribution in [0.4, 0.5) is 11.4 Å². The second-order valence-electron chi connectivity index (χ2n) is 4.97. The number of hydrogen-bond donors (Lipinski definition) is 2. The summed E-state index contributed by atoms with van der Waals surface area (Å²) in [5.41, 5.74) is 9.06. The SMILES string of the molecule is Cc1cc(C)c(OCC(=O)Nc2ccc(N)cc2Br)c(Br)c1. The fourth-order valence-corrected chi connectivity index (χ4v) is 3.33. The lowest BCUT2D eigenvalue weighted by molar-refractivity contribution is -0.118. The fraction of sp³-hybridized carbons (Fsp3) is 0.188. The molecule has 2 rings (SSSR count). The zero-order chi connectivity index (χ0) is 16.3. The third-order valence-electron chi connectivity index (χ3n) is 2.99. The number of nitrogens with two attached hydrogens (primary N) is 1. The molecule has 0 spiro atoms. The van der Waals surface area contributed by atoms with Gasteiger partial charge in [0.15, 0.2) is 6.61 Å². The molecular weight excluding hydrogens is 412 g/mol. The third kappa shape index (κ3) is 4.24. The summed E-state index contributed by atoms with van der Waals surface area (Å²) in [5, 5.41) is 2.78. The number of carbonyl (C=O) groups is 1. The van der Waals surface area contributed by atoms with E-state index in [4.69, 9.17) is 10.5 Å². The standard InChI is InChI=1S/C16H16Br2N2O2/c1-9-5-10(2)16(13(18)6-9)22-8-15(21)20-14-4-3-11(19)7-12(14)17/h3-7H,8,19H2,1-2H3,(H,20,21). The summed E-state index contributed by atoms with van der Waals surface area (Å²) in [6.07, 6.45) is 0. The van der Waals surface area contributed by atoms with E-state index in [2.05, 4.69) is 37.2 Å². The first-order valence-electron chi connectivity index (χ1n) is 6.61. The summed E-state index contributed by atoms with van der Waals surface area (Å²) in [5.74, 6) is 0.439. The van der Waals surface area contributed by atoms with Crippen molar-refractivity contribution < 1.29 is 9.53 Å². The molecule has 3 N–H and O–H groups in total. The molecule has 0 aromatic heterocycles. The van der Waals surface area contributed by atoms with Crippen LogP contribution in [0.3, 0.4) is 0 Å². The van der Waals surface area contributed by atoms with Crippen molar-refractivity contribution in [2.45, 2.75) is 13.8 Å². The van der Waals surface area contributed by atoms with Crippen LogP contribution in [-0.2, 0) is 4.79 Å². The molecule has 0 saturated heterocycles. The minimum atomic E-state index is -0.239. The first-order chi connectivity index (χ1) is 10.4. The van der Waals surface area contributed by atoms with Gasteiger partial charge in [-0.15, -0.1) is 0 Å². The van der Waals surface area contributed by atoms with Crippen molar-refractivity contribution in [2.75, 3.05) is 17.7 Å². The molecule has 0 aliphatic rings. The number of halogens is 2. The fourth-order valence-electron chi connectivity index (χ4n) is 2.04. The quantitative estimate of drug-likeness (QED) is 0.709. The number of anilines is 2. The van der Waals surface area contributed by atoms with Crippen LogP contribution in [-0.4, -0.2) is 12.5 Å². The predicted molar refractivity (Wildman–Crippen MR) is 96.3 cm³/mol. The van der Waals surface area contributed by atoms with Gasteiger partial charge in [-0.2, -0.15) is 0 Å². The molecule has 0 bridgehead atoms. The summed E-state index contributed by atoms with van der Waals surface area (Å²) in [7, 11) is 0. The first-order valence-corrected chi connectivity index (χ1v) is 8.20. The molecule has 2 aromatic carbocycles. The Balaban J connectivity index is 2.02. The van der Waals surface area contributed by atoms with Gasteiger partial charge in [-0.25, -0.2) is 0 Å². The molecule has 0 aliphatic carbocycles. The van der Waals surface area contributed by atoms with Gasteiger partial charge >= 0.3 is 0 Å². The third-order valence-corrected chi connectivity index (χ3v) is 4.23. The van der Waals surface area contributed by atoms with Gasteiger partial charge in [0, 0.05) is 10.2 Å². The summed E-state index contributed by atoms with van der Waals surface area (Å²) in [4.78, 5) is 12.0. The number of amides is 1. The Hall–Kier alpha value is -1.53. The molecule has 0 fully saturated rings. The molecule has 22 heavy (non-hydrogen) atoms. The lowest BCUT2D eigenvalue weighted by atomic mass is 10.1. The van der Waals surface area contributed by atoms with Crippen LogP contribution in [0.15, 0.2) is 39.3 Å². The van der Waals surface area contributed by atoms with Crippen molar-refractivity contribution in [3.05, 3.63) is 50.4 Å². The van der Waals surface area contributed by atoms with E-state index in [0.717, 1.165) is 20.1 Å². The van der Waals surface area contributed by atoms with Gasteiger partial charge in [-0.3, -0.25) is 4.79 Å². The highest BCUT2D eigenvalue weighted by molar-refractivity contribution is 9.11. The largest absolute Gasteiger partial charge is 0.482 e. The van der Waals surface area contributed by atoms with Crippen LogP contribution in [0.2, 0.25) is 0 Å². The van der Waals surface area contributed by atoms with Crippen molar-refractivity contribution in [1.29, 1.82) is 0 Å². The number of benzene rings is 2. The Morgan fingerprint density at radius 2 is 1.91 bits per heavy atom. The van der Waals surface area contributed by atoms with Crippen LogP contribution in [0.5, 0.6) is 5.75 Å². The average Bonchev–Trinajstić information content (AvgIpc) is 2.40. The Kier molecular flexibility index (Phi) is 5.47. The zero-order valence-electron chi connectivity index (χ0n) is 12.2. The summed E-state index contributed by atoms with van der Waals surface area (Å²) >= 11 is 6.82. The Morgan fingerprint density at radius 1 is 1.18 bits per heavy atom. The molecular formula is C16H16Br2N2O2. The van der Waals surface area contributed by atoms with E-state index in [1.807, 2.05) is 26.0 Å². The topological polar surface area (TPSA) is 64.3 Å². The molecule has 6 heteroatoms. The summed E-state index contributed by atoms with van der Waals surface area (Å²) in [6.45, 7) is 3.88. The molecule has 1 amide bonds. The van der Waals surface area contributed by atoms with Crippen LogP contribution in [0.25, 0.3) is 0 Å². The van der Waals surface area contributed by atoms with Gasteiger partial charge in [0.1, 0.15) is 5.75 Å². The molecule has 0 aliphatic heterocycles. The van der Waals surface area contributed by atoms with Crippen LogP contribution in [0, 0.1) is 13.8 Å². The number of carbonyl (C=O) groups excluding carboxylic acids is 1. The number of nitrogens with one attached hydrogen (secondary N) is 1. The molecule has 0 radical (unpaired) electrons.